The van der Waals surface area contributed by atoms with Gasteiger partial charge in [0.25, 0.3) is 0 Å². The summed E-state index contributed by atoms with van der Waals surface area (Å²) >= 11 is 3.38. The van der Waals surface area contributed by atoms with Gasteiger partial charge in [0.1, 0.15) is 5.75 Å². The Morgan fingerprint density at radius 2 is 1.83 bits per heavy atom. The smallest absolute Gasteiger partial charge is 0.230 e. The number of carbonyl (C=O) groups is 1. The van der Waals surface area contributed by atoms with Crippen molar-refractivity contribution in [3.63, 3.8) is 0 Å². The quantitative estimate of drug-likeness (QED) is 0.508. The third-order valence-electron chi connectivity index (χ3n) is 3.18. The van der Waals surface area contributed by atoms with Crippen molar-refractivity contribution in [2.75, 3.05) is 24.7 Å². The molecule has 3 nitrogen and oxygen atoms in total. The lowest BCUT2D eigenvalue weighted by atomic mass is 10.2. The number of nitrogens with one attached hydrogen (secondary N) is 1. The SMILES string of the molecule is CCOc1ccc(SCC(=O)NCCSCc2ccccc2)cc1. The van der Waals surface area contributed by atoms with E-state index in [-0.39, 0.29) is 5.91 Å². The van der Waals surface area contributed by atoms with E-state index in [0.29, 0.717) is 18.9 Å². The normalized spacial score (nSPS) is 10.4. The molecule has 0 spiro atoms. The van der Waals surface area contributed by atoms with Crippen molar-refractivity contribution in [2.24, 2.45) is 0 Å². The highest BCUT2D eigenvalue weighted by molar-refractivity contribution is 8.00. The highest BCUT2D eigenvalue weighted by Crippen LogP contribution is 2.21. The molecule has 0 saturated carbocycles. The zero-order valence-electron chi connectivity index (χ0n) is 13.9. The van der Waals surface area contributed by atoms with Crippen molar-refractivity contribution < 1.29 is 9.53 Å². The lowest BCUT2D eigenvalue weighted by Gasteiger charge is -2.06. The first-order valence-electron chi connectivity index (χ1n) is 8.02. The number of amides is 1. The van der Waals surface area contributed by atoms with Crippen molar-refractivity contribution in [3.05, 3.63) is 60.2 Å². The standard InChI is InChI=1S/C19H23NO2S2/c1-2-22-17-8-10-18(11-9-17)24-15-19(21)20-12-13-23-14-16-6-4-3-5-7-16/h3-11H,2,12-15H2,1H3,(H,20,21). The van der Waals surface area contributed by atoms with Crippen LogP contribution in [-0.2, 0) is 10.5 Å². The molecular weight excluding hydrogens is 338 g/mol. The van der Waals surface area contributed by atoms with Gasteiger partial charge in [-0.1, -0.05) is 30.3 Å². The Morgan fingerprint density at radius 3 is 2.54 bits per heavy atom. The molecule has 0 unspecified atom stereocenters. The molecule has 0 aliphatic carbocycles. The summed E-state index contributed by atoms with van der Waals surface area (Å²) in [4.78, 5) is 12.9. The number of thioether (sulfide) groups is 2. The van der Waals surface area contributed by atoms with Crippen LogP contribution in [0.2, 0.25) is 0 Å². The fourth-order valence-corrected chi connectivity index (χ4v) is 3.57. The van der Waals surface area contributed by atoms with Crippen molar-refractivity contribution >= 4 is 29.4 Å². The van der Waals surface area contributed by atoms with Gasteiger partial charge < -0.3 is 10.1 Å². The maximum absolute atomic E-state index is 11.9. The Kier molecular flexibility index (Phi) is 8.63. The van der Waals surface area contributed by atoms with Crippen LogP contribution in [-0.4, -0.2) is 30.6 Å². The largest absolute Gasteiger partial charge is 0.494 e. The minimum Gasteiger partial charge on any atom is -0.494 e. The monoisotopic (exact) mass is 361 g/mol. The maximum Gasteiger partial charge on any atom is 0.230 e. The summed E-state index contributed by atoms with van der Waals surface area (Å²) in [6, 6.07) is 18.2. The van der Waals surface area contributed by atoms with Crippen LogP contribution in [0.15, 0.2) is 59.5 Å². The number of rotatable bonds is 10. The van der Waals surface area contributed by atoms with E-state index in [4.69, 9.17) is 4.74 Å². The van der Waals surface area contributed by atoms with Gasteiger partial charge in [-0.15, -0.1) is 11.8 Å². The molecule has 1 amide bonds. The third kappa shape index (κ3) is 7.32. The van der Waals surface area contributed by atoms with E-state index in [1.54, 1.807) is 11.8 Å². The highest BCUT2D eigenvalue weighted by atomic mass is 32.2. The van der Waals surface area contributed by atoms with Crippen LogP contribution in [0.25, 0.3) is 0 Å². The first-order valence-corrected chi connectivity index (χ1v) is 10.2. The molecule has 0 heterocycles. The van der Waals surface area contributed by atoms with Crippen LogP contribution < -0.4 is 10.1 Å². The molecule has 2 aromatic carbocycles. The molecule has 0 aliphatic heterocycles. The summed E-state index contributed by atoms with van der Waals surface area (Å²) in [5.41, 5.74) is 1.32. The number of carbonyl (C=O) groups excluding carboxylic acids is 1. The summed E-state index contributed by atoms with van der Waals surface area (Å²) < 4.78 is 5.40. The molecule has 2 rings (SSSR count). The van der Waals surface area contributed by atoms with Crippen LogP contribution in [0.5, 0.6) is 5.75 Å². The fourth-order valence-electron chi connectivity index (χ4n) is 2.03. The average molecular weight is 362 g/mol. The average Bonchev–Trinajstić information content (AvgIpc) is 2.62. The lowest BCUT2D eigenvalue weighted by Crippen LogP contribution is -2.27. The van der Waals surface area contributed by atoms with E-state index in [2.05, 4.69) is 29.6 Å². The van der Waals surface area contributed by atoms with Gasteiger partial charge in [-0.3, -0.25) is 4.79 Å². The Balaban J connectivity index is 1.56. The molecule has 0 radical (unpaired) electrons. The van der Waals surface area contributed by atoms with Gasteiger partial charge >= 0.3 is 0 Å². The molecule has 2 aromatic rings. The topological polar surface area (TPSA) is 38.3 Å². The van der Waals surface area contributed by atoms with Crippen LogP contribution >= 0.6 is 23.5 Å². The summed E-state index contributed by atoms with van der Waals surface area (Å²) in [6.07, 6.45) is 0. The number of ether oxygens (including phenoxy) is 1. The van der Waals surface area contributed by atoms with Crippen LogP contribution in [0, 0.1) is 0 Å². The van der Waals surface area contributed by atoms with Gasteiger partial charge in [0.05, 0.1) is 12.4 Å². The van der Waals surface area contributed by atoms with Gasteiger partial charge in [-0.25, -0.2) is 0 Å². The lowest BCUT2D eigenvalue weighted by molar-refractivity contribution is -0.118. The van der Waals surface area contributed by atoms with E-state index in [0.717, 1.165) is 22.2 Å². The zero-order chi connectivity index (χ0) is 17.0. The van der Waals surface area contributed by atoms with Crippen molar-refractivity contribution in [2.45, 2.75) is 17.6 Å². The first kappa shape index (κ1) is 18.7. The summed E-state index contributed by atoms with van der Waals surface area (Å²) in [5, 5.41) is 2.97. The van der Waals surface area contributed by atoms with E-state index >= 15 is 0 Å². The van der Waals surface area contributed by atoms with Crippen LogP contribution in [0.4, 0.5) is 0 Å². The first-order chi connectivity index (χ1) is 11.8. The van der Waals surface area contributed by atoms with Crippen molar-refractivity contribution in [1.29, 1.82) is 0 Å². The predicted molar refractivity (Wildman–Crippen MR) is 104 cm³/mol. The van der Waals surface area contributed by atoms with Crippen molar-refractivity contribution in [1.82, 2.24) is 5.32 Å². The molecule has 0 aliphatic rings. The minimum atomic E-state index is 0.0780. The van der Waals surface area contributed by atoms with Crippen molar-refractivity contribution in [3.8, 4) is 5.75 Å². The highest BCUT2D eigenvalue weighted by Gasteiger charge is 2.03. The Morgan fingerprint density at radius 1 is 1.08 bits per heavy atom. The molecule has 0 atom stereocenters. The van der Waals surface area contributed by atoms with Gasteiger partial charge in [0.15, 0.2) is 0 Å². The predicted octanol–water partition coefficient (Wildman–Crippen LogP) is 4.23. The molecule has 0 bridgehead atoms. The second kappa shape index (κ2) is 11.0. The molecule has 0 saturated heterocycles. The van der Waals surface area contributed by atoms with E-state index in [1.165, 1.54) is 5.56 Å². The second-order valence-corrected chi connectivity index (χ2v) is 7.24. The Hall–Kier alpha value is -1.59. The molecular formula is C19H23NO2S2. The van der Waals surface area contributed by atoms with Gasteiger partial charge in [0.2, 0.25) is 5.91 Å². The summed E-state index contributed by atoms with van der Waals surface area (Å²) in [7, 11) is 0. The van der Waals surface area contributed by atoms with Gasteiger partial charge in [-0.05, 0) is 36.8 Å². The number of hydrogen-bond donors (Lipinski definition) is 1. The van der Waals surface area contributed by atoms with Gasteiger partial charge in [0, 0.05) is 22.9 Å². The molecule has 5 heteroatoms. The number of hydrogen-bond acceptors (Lipinski definition) is 4. The minimum absolute atomic E-state index is 0.0780. The van der Waals surface area contributed by atoms with Crippen LogP contribution in [0.1, 0.15) is 12.5 Å². The van der Waals surface area contributed by atoms with E-state index in [1.807, 2.05) is 49.0 Å². The summed E-state index contributed by atoms with van der Waals surface area (Å²) in [6.45, 7) is 3.34. The Labute approximate surface area is 152 Å². The zero-order valence-corrected chi connectivity index (χ0v) is 15.5. The van der Waals surface area contributed by atoms with Crippen LogP contribution in [0.3, 0.4) is 0 Å². The molecule has 0 aromatic heterocycles. The fraction of sp³-hybridized carbons (Fsp3) is 0.316. The number of benzene rings is 2. The Bertz CT molecular complexity index is 603. The second-order valence-electron chi connectivity index (χ2n) is 5.08. The van der Waals surface area contributed by atoms with Gasteiger partial charge in [-0.2, -0.15) is 11.8 Å². The molecule has 0 fully saturated rings. The van der Waals surface area contributed by atoms with E-state index in [9.17, 15) is 4.79 Å². The molecule has 24 heavy (non-hydrogen) atoms. The third-order valence-corrected chi connectivity index (χ3v) is 5.23. The van der Waals surface area contributed by atoms with E-state index < -0.39 is 0 Å². The summed E-state index contributed by atoms with van der Waals surface area (Å²) in [5.74, 6) is 3.29. The molecule has 128 valence electrons. The molecule has 1 N–H and O–H groups in total. The maximum atomic E-state index is 11.9.